The maximum atomic E-state index is 11.9. The molecular formula is C11H15ClN2OS. The molecule has 0 aromatic carbocycles. The number of rotatable bonds is 2. The van der Waals surface area contributed by atoms with E-state index in [4.69, 9.17) is 16.9 Å². The standard InChI is InChI=1S/C11H15ClN2OS/c1-16-10-11(12,7-13)9(15)14(10)8-5-3-2-4-6-8/h8,10H,2-6H2,1H3/t10-,11-/m0/s1. The Morgan fingerprint density at radius 3 is 2.62 bits per heavy atom. The summed E-state index contributed by atoms with van der Waals surface area (Å²) in [6.45, 7) is 0. The molecule has 0 radical (unpaired) electrons. The van der Waals surface area contributed by atoms with E-state index >= 15 is 0 Å². The lowest BCUT2D eigenvalue weighted by atomic mass is 9.88. The minimum Gasteiger partial charge on any atom is -0.322 e. The fourth-order valence-corrected chi connectivity index (χ4v) is 4.06. The first-order valence-corrected chi connectivity index (χ1v) is 7.27. The average molecular weight is 259 g/mol. The normalized spacial score (nSPS) is 35.7. The summed E-state index contributed by atoms with van der Waals surface area (Å²) in [6.07, 6.45) is 7.63. The molecule has 16 heavy (non-hydrogen) atoms. The molecule has 0 unspecified atom stereocenters. The van der Waals surface area contributed by atoms with Crippen LogP contribution in [-0.2, 0) is 4.79 Å². The lowest BCUT2D eigenvalue weighted by Gasteiger charge is -2.52. The molecule has 88 valence electrons. The van der Waals surface area contributed by atoms with Crippen LogP contribution in [0.25, 0.3) is 0 Å². The maximum Gasteiger partial charge on any atom is 0.262 e. The van der Waals surface area contributed by atoms with Crippen LogP contribution in [0.3, 0.4) is 0 Å². The molecule has 2 fully saturated rings. The van der Waals surface area contributed by atoms with Crippen molar-refractivity contribution in [3.8, 4) is 6.07 Å². The minimum atomic E-state index is -1.31. The van der Waals surface area contributed by atoms with E-state index in [0.717, 1.165) is 12.8 Å². The van der Waals surface area contributed by atoms with Crippen LogP contribution in [-0.4, -0.2) is 33.4 Å². The molecule has 2 rings (SSSR count). The summed E-state index contributed by atoms with van der Waals surface area (Å²) < 4.78 is 0. The van der Waals surface area contributed by atoms with E-state index in [1.165, 1.54) is 31.0 Å². The van der Waals surface area contributed by atoms with Gasteiger partial charge in [0, 0.05) is 6.04 Å². The molecule has 1 amide bonds. The van der Waals surface area contributed by atoms with Crippen molar-refractivity contribution in [2.24, 2.45) is 0 Å². The predicted molar refractivity (Wildman–Crippen MR) is 65.2 cm³/mol. The van der Waals surface area contributed by atoms with E-state index in [1.807, 2.05) is 17.2 Å². The Kier molecular flexibility index (Phi) is 3.37. The monoisotopic (exact) mass is 258 g/mol. The van der Waals surface area contributed by atoms with Crippen molar-refractivity contribution in [2.75, 3.05) is 6.26 Å². The molecule has 1 saturated carbocycles. The van der Waals surface area contributed by atoms with Crippen LogP contribution in [0.2, 0.25) is 0 Å². The predicted octanol–water partition coefficient (Wildman–Crippen LogP) is 2.35. The maximum absolute atomic E-state index is 11.9. The number of nitrogens with zero attached hydrogens (tertiary/aromatic N) is 2. The molecule has 1 saturated heterocycles. The number of carbonyl (C=O) groups is 1. The number of likely N-dealkylation sites (tertiary alicyclic amines) is 1. The van der Waals surface area contributed by atoms with Gasteiger partial charge in [-0.25, -0.2) is 0 Å². The van der Waals surface area contributed by atoms with Crippen molar-refractivity contribution >= 4 is 29.3 Å². The third-order valence-corrected chi connectivity index (χ3v) is 5.10. The fourth-order valence-electron chi connectivity index (χ4n) is 2.62. The zero-order valence-electron chi connectivity index (χ0n) is 9.28. The molecular weight excluding hydrogens is 244 g/mol. The topological polar surface area (TPSA) is 44.1 Å². The Bertz CT molecular complexity index is 337. The van der Waals surface area contributed by atoms with Crippen molar-refractivity contribution in [3.05, 3.63) is 0 Å². The smallest absolute Gasteiger partial charge is 0.262 e. The first-order valence-electron chi connectivity index (χ1n) is 5.61. The van der Waals surface area contributed by atoms with Crippen LogP contribution in [0, 0.1) is 11.3 Å². The number of halogens is 1. The minimum absolute atomic E-state index is 0.172. The quantitative estimate of drug-likeness (QED) is 0.564. The van der Waals surface area contributed by atoms with E-state index < -0.39 is 4.87 Å². The van der Waals surface area contributed by atoms with Gasteiger partial charge in [-0.15, -0.1) is 11.8 Å². The van der Waals surface area contributed by atoms with E-state index in [1.54, 1.807) is 0 Å². The molecule has 5 heteroatoms. The van der Waals surface area contributed by atoms with Gasteiger partial charge in [-0.2, -0.15) is 5.26 Å². The number of alkyl halides is 1. The molecule has 0 spiro atoms. The van der Waals surface area contributed by atoms with E-state index in [2.05, 4.69) is 0 Å². The van der Waals surface area contributed by atoms with Gasteiger partial charge in [-0.05, 0) is 19.1 Å². The van der Waals surface area contributed by atoms with Crippen molar-refractivity contribution in [1.29, 1.82) is 5.26 Å². The van der Waals surface area contributed by atoms with Crippen LogP contribution in [0.1, 0.15) is 32.1 Å². The van der Waals surface area contributed by atoms with Crippen LogP contribution in [0.5, 0.6) is 0 Å². The largest absolute Gasteiger partial charge is 0.322 e. The summed E-state index contributed by atoms with van der Waals surface area (Å²) >= 11 is 7.55. The van der Waals surface area contributed by atoms with Gasteiger partial charge in [0.05, 0.1) is 6.07 Å². The number of thioether (sulfide) groups is 1. The molecule has 2 atom stereocenters. The van der Waals surface area contributed by atoms with E-state index in [0.29, 0.717) is 6.04 Å². The Morgan fingerprint density at radius 1 is 1.50 bits per heavy atom. The van der Waals surface area contributed by atoms with Gasteiger partial charge >= 0.3 is 0 Å². The highest BCUT2D eigenvalue weighted by atomic mass is 35.5. The number of hydrogen-bond donors (Lipinski definition) is 0. The number of amides is 1. The number of carbonyl (C=O) groups excluding carboxylic acids is 1. The third-order valence-electron chi connectivity index (χ3n) is 3.49. The van der Waals surface area contributed by atoms with E-state index in [9.17, 15) is 4.79 Å². The zero-order chi connectivity index (χ0) is 11.8. The molecule has 1 aliphatic carbocycles. The lowest BCUT2D eigenvalue weighted by Crippen LogP contribution is -2.71. The lowest BCUT2D eigenvalue weighted by molar-refractivity contribution is -0.148. The number of β-lactam (4-membered cyclic amide) rings is 1. The summed E-state index contributed by atoms with van der Waals surface area (Å²) in [4.78, 5) is 12.5. The van der Waals surface area contributed by atoms with Gasteiger partial charge < -0.3 is 4.90 Å². The van der Waals surface area contributed by atoms with Crippen molar-refractivity contribution in [1.82, 2.24) is 4.90 Å². The summed E-state index contributed by atoms with van der Waals surface area (Å²) in [7, 11) is 0. The molecule has 1 heterocycles. The van der Waals surface area contributed by atoms with Crippen LogP contribution < -0.4 is 0 Å². The molecule has 3 nitrogen and oxygen atoms in total. The van der Waals surface area contributed by atoms with Gasteiger partial charge in [0.2, 0.25) is 4.87 Å². The molecule has 2 aliphatic rings. The second kappa shape index (κ2) is 4.46. The van der Waals surface area contributed by atoms with Crippen LogP contribution in [0.4, 0.5) is 0 Å². The second-order valence-corrected chi connectivity index (χ2v) is 5.93. The average Bonchev–Trinajstić information content (AvgIpc) is 2.34. The molecule has 0 bridgehead atoms. The Labute approximate surface area is 105 Å². The summed E-state index contributed by atoms with van der Waals surface area (Å²) in [5, 5.41) is 8.82. The van der Waals surface area contributed by atoms with Gasteiger partial charge in [0.25, 0.3) is 5.91 Å². The Morgan fingerprint density at radius 2 is 2.12 bits per heavy atom. The van der Waals surface area contributed by atoms with Gasteiger partial charge in [0.15, 0.2) is 0 Å². The summed E-state index contributed by atoms with van der Waals surface area (Å²) in [5.74, 6) is -0.192. The van der Waals surface area contributed by atoms with Gasteiger partial charge in [-0.3, -0.25) is 4.79 Å². The summed E-state index contributed by atoms with van der Waals surface area (Å²) in [5.41, 5.74) is 0. The number of nitriles is 1. The van der Waals surface area contributed by atoms with Crippen molar-refractivity contribution < 1.29 is 4.79 Å². The van der Waals surface area contributed by atoms with Gasteiger partial charge in [-0.1, -0.05) is 30.9 Å². The van der Waals surface area contributed by atoms with Crippen molar-refractivity contribution in [3.63, 3.8) is 0 Å². The Balaban J connectivity index is 2.12. The highest BCUT2D eigenvalue weighted by Gasteiger charge is 2.62. The fraction of sp³-hybridized carbons (Fsp3) is 0.818. The van der Waals surface area contributed by atoms with Crippen molar-refractivity contribution in [2.45, 2.75) is 48.4 Å². The highest BCUT2D eigenvalue weighted by molar-refractivity contribution is 7.99. The van der Waals surface area contributed by atoms with E-state index in [-0.39, 0.29) is 11.3 Å². The highest BCUT2D eigenvalue weighted by Crippen LogP contribution is 2.45. The SMILES string of the molecule is CS[C@@H]1N(C2CCCCC2)C(=O)[C@@]1(Cl)C#N. The molecule has 0 aromatic rings. The first kappa shape index (κ1) is 12.1. The molecule has 1 aliphatic heterocycles. The van der Waals surface area contributed by atoms with Crippen LogP contribution in [0.15, 0.2) is 0 Å². The first-order chi connectivity index (χ1) is 7.65. The zero-order valence-corrected chi connectivity index (χ0v) is 10.9. The second-order valence-electron chi connectivity index (χ2n) is 4.42. The molecule has 0 aromatic heterocycles. The van der Waals surface area contributed by atoms with Crippen LogP contribution >= 0.6 is 23.4 Å². The third kappa shape index (κ3) is 1.61. The van der Waals surface area contributed by atoms with Gasteiger partial charge in [0.1, 0.15) is 5.37 Å². The summed E-state index contributed by atoms with van der Waals surface area (Å²) in [6, 6.07) is 2.26. The number of hydrogen-bond acceptors (Lipinski definition) is 3. The Hall–Kier alpha value is -0.400. The molecule has 0 N–H and O–H groups in total.